The van der Waals surface area contributed by atoms with Gasteiger partial charge in [-0.1, -0.05) is 29.8 Å². The number of aryl methyl sites for hydroxylation is 2. The molecule has 2 rings (SSSR count). The number of hydrogen-bond acceptors (Lipinski definition) is 3. The van der Waals surface area contributed by atoms with Crippen molar-refractivity contribution >= 4 is 11.3 Å². The average Bonchev–Trinajstić information content (AvgIpc) is 2.62. The lowest BCUT2D eigenvalue weighted by molar-refractivity contribution is 0.927. The summed E-state index contributed by atoms with van der Waals surface area (Å²) in [6.45, 7) is 4.87. The maximum atomic E-state index is 5.56. The number of hydrogen-bond donors (Lipinski definition) is 1. The fourth-order valence-electron chi connectivity index (χ4n) is 1.62. The molecule has 0 atom stereocenters. The SMILES string of the molecule is Cc1ccc(-c2nc(CCN)c(C)s2)cc1. The molecular formula is C13H16N2S. The standard InChI is InChI=1S/C13H16N2S/c1-9-3-5-11(6-4-9)13-15-12(7-8-14)10(2)16-13/h3-6H,7-8,14H2,1-2H3. The third-order valence-electron chi connectivity index (χ3n) is 2.57. The van der Waals surface area contributed by atoms with E-state index in [2.05, 4.69) is 43.1 Å². The van der Waals surface area contributed by atoms with Crippen LogP contribution in [0.3, 0.4) is 0 Å². The van der Waals surface area contributed by atoms with Crippen LogP contribution < -0.4 is 5.73 Å². The molecule has 0 aliphatic heterocycles. The molecule has 0 amide bonds. The minimum atomic E-state index is 0.665. The summed E-state index contributed by atoms with van der Waals surface area (Å²) in [7, 11) is 0. The van der Waals surface area contributed by atoms with Gasteiger partial charge in [0.2, 0.25) is 0 Å². The van der Waals surface area contributed by atoms with E-state index in [1.54, 1.807) is 11.3 Å². The fourth-order valence-corrected chi connectivity index (χ4v) is 2.58. The molecule has 2 aromatic rings. The van der Waals surface area contributed by atoms with Gasteiger partial charge in [0.05, 0.1) is 5.69 Å². The van der Waals surface area contributed by atoms with E-state index in [-0.39, 0.29) is 0 Å². The minimum absolute atomic E-state index is 0.665. The van der Waals surface area contributed by atoms with Crippen LogP contribution in [-0.2, 0) is 6.42 Å². The normalized spacial score (nSPS) is 10.7. The van der Waals surface area contributed by atoms with E-state index < -0.39 is 0 Å². The molecule has 2 N–H and O–H groups in total. The van der Waals surface area contributed by atoms with E-state index in [1.165, 1.54) is 16.0 Å². The van der Waals surface area contributed by atoms with Gasteiger partial charge < -0.3 is 5.73 Å². The zero-order valence-corrected chi connectivity index (χ0v) is 10.5. The third kappa shape index (κ3) is 2.31. The Morgan fingerprint density at radius 3 is 2.50 bits per heavy atom. The molecule has 3 heteroatoms. The van der Waals surface area contributed by atoms with E-state index in [0.717, 1.165) is 17.1 Å². The second kappa shape index (κ2) is 4.76. The van der Waals surface area contributed by atoms with Crippen LogP contribution in [0.5, 0.6) is 0 Å². The average molecular weight is 232 g/mol. The number of aromatic nitrogens is 1. The maximum Gasteiger partial charge on any atom is 0.123 e. The van der Waals surface area contributed by atoms with Crippen LogP contribution in [0.15, 0.2) is 24.3 Å². The van der Waals surface area contributed by atoms with Crippen LogP contribution in [0.4, 0.5) is 0 Å². The molecule has 0 unspecified atom stereocenters. The zero-order chi connectivity index (χ0) is 11.5. The highest BCUT2D eigenvalue weighted by Gasteiger charge is 2.08. The number of rotatable bonds is 3. The molecule has 1 aromatic heterocycles. The van der Waals surface area contributed by atoms with Gasteiger partial charge in [-0.3, -0.25) is 0 Å². The van der Waals surface area contributed by atoms with Gasteiger partial charge in [0, 0.05) is 16.9 Å². The van der Waals surface area contributed by atoms with E-state index >= 15 is 0 Å². The third-order valence-corrected chi connectivity index (χ3v) is 3.63. The summed E-state index contributed by atoms with van der Waals surface area (Å²) in [5, 5.41) is 1.10. The van der Waals surface area contributed by atoms with Gasteiger partial charge >= 0.3 is 0 Å². The predicted molar refractivity (Wildman–Crippen MR) is 69.8 cm³/mol. The largest absolute Gasteiger partial charge is 0.330 e. The highest BCUT2D eigenvalue weighted by atomic mass is 32.1. The fraction of sp³-hybridized carbons (Fsp3) is 0.308. The first-order valence-corrected chi connectivity index (χ1v) is 6.26. The Morgan fingerprint density at radius 2 is 1.88 bits per heavy atom. The molecule has 0 aliphatic rings. The minimum Gasteiger partial charge on any atom is -0.330 e. The highest BCUT2D eigenvalue weighted by Crippen LogP contribution is 2.27. The van der Waals surface area contributed by atoms with Crippen molar-refractivity contribution in [1.29, 1.82) is 0 Å². The van der Waals surface area contributed by atoms with Crippen molar-refractivity contribution in [3.63, 3.8) is 0 Å². The Hall–Kier alpha value is -1.19. The van der Waals surface area contributed by atoms with Gasteiger partial charge in [-0.2, -0.15) is 0 Å². The van der Waals surface area contributed by atoms with E-state index in [1.807, 2.05) is 0 Å². The zero-order valence-electron chi connectivity index (χ0n) is 9.66. The van der Waals surface area contributed by atoms with Crippen LogP contribution >= 0.6 is 11.3 Å². The van der Waals surface area contributed by atoms with Gasteiger partial charge in [0.15, 0.2) is 0 Å². The smallest absolute Gasteiger partial charge is 0.123 e. The summed E-state index contributed by atoms with van der Waals surface area (Å²) in [4.78, 5) is 5.92. The molecular weight excluding hydrogens is 216 g/mol. The summed E-state index contributed by atoms with van der Waals surface area (Å²) >= 11 is 1.75. The van der Waals surface area contributed by atoms with Crippen molar-refractivity contribution in [2.75, 3.05) is 6.54 Å². The van der Waals surface area contributed by atoms with Crippen LogP contribution in [0, 0.1) is 13.8 Å². The molecule has 84 valence electrons. The summed E-state index contributed by atoms with van der Waals surface area (Å²) in [6, 6.07) is 8.49. The second-order valence-corrected chi connectivity index (χ2v) is 5.13. The Balaban J connectivity index is 2.33. The van der Waals surface area contributed by atoms with Crippen LogP contribution in [0.25, 0.3) is 10.6 Å². The Kier molecular flexibility index (Phi) is 3.36. The van der Waals surface area contributed by atoms with Crippen molar-refractivity contribution in [3.05, 3.63) is 40.4 Å². The molecule has 0 saturated heterocycles. The molecule has 1 heterocycles. The molecule has 1 aromatic carbocycles. The molecule has 2 nitrogen and oxygen atoms in total. The summed E-state index contributed by atoms with van der Waals surface area (Å²) in [5.74, 6) is 0. The topological polar surface area (TPSA) is 38.9 Å². The van der Waals surface area contributed by atoms with E-state index in [0.29, 0.717) is 6.54 Å². The number of thiazole rings is 1. The number of nitrogens with zero attached hydrogens (tertiary/aromatic N) is 1. The summed E-state index contributed by atoms with van der Waals surface area (Å²) < 4.78 is 0. The van der Waals surface area contributed by atoms with Crippen molar-refractivity contribution in [2.45, 2.75) is 20.3 Å². The predicted octanol–water partition coefficient (Wildman–Crippen LogP) is 2.93. The Labute approximate surface area is 100 Å². The lowest BCUT2D eigenvalue weighted by atomic mass is 10.2. The van der Waals surface area contributed by atoms with Crippen LogP contribution in [0.2, 0.25) is 0 Å². The number of nitrogens with two attached hydrogens (primary N) is 1. The van der Waals surface area contributed by atoms with Gasteiger partial charge in [0.1, 0.15) is 5.01 Å². The second-order valence-electron chi connectivity index (χ2n) is 3.93. The molecule has 16 heavy (non-hydrogen) atoms. The van der Waals surface area contributed by atoms with Crippen molar-refractivity contribution in [3.8, 4) is 10.6 Å². The Morgan fingerprint density at radius 1 is 1.19 bits per heavy atom. The molecule has 0 fully saturated rings. The van der Waals surface area contributed by atoms with Gasteiger partial charge in [0.25, 0.3) is 0 Å². The monoisotopic (exact) mass is 232 g/mol. The summed E-state index contributed by atoms with van der Waals surface area (Å²) in [5.41, 5.74) is 9.18. The number of benzene rings is 1. The van der Waals surface area contributed by atoms with Gasteiger partial charge in [-0.05, 0) is 20.4 Å². The van der Waals surface area contributed by atoms with Gasteiger partial charge in [-0.25, -0.2) is 4.98 Å². The van der Waals surface area contributed by atoms with Gasteiger partial charge in [-0.15, -0.1) is 11.3 Å². The van der Waals surface area contributed by atoms with Crippen molar-refractivity contribution in [2.24, 2.45) is 5.73 Å². The van der Waals surface area contributed by atoms with E-state index in [4.69, 9.17) is 5.73 Å². The van der Waals surface area contributed by atoms with Crippen LogP contribution in [-0.4, -0.2) is 11.5 Å². The van der Waals surface area contributed by atoms with Crippen molar-refractivity contribution < 1.29 is 0 Å². The highest BCUT2D eigenvalue weighted by molar-refractivity contribution is 7.15. The lowest BCUT2D eigenvalue weighted by Crippen LogP contribution is -2.03. The molecule has 0 saturated carbocycles. The maximum absolute atomic E-state index is 5.56. The van der Waals surface area contributed by atoms with E-state index in [9.17, 15) is 0 Å². The molecule has 0 radical (unpaired) electrons. The molecule has 0 spiro atoms. The quantitative estimate of drug-likeness (QED) is 0.883. The first kappa shape index (κ1) is 11.3. The van der Waals surface area contributed by atoms with Crippen LogP contribution in [0.1, 0.15) is 16.1 Å². The first-order chi connectivity index (χ1) is 7.70. The molecule has 0 aliphatic carbocycles. The summed E-state index contributed by atoms with van der Waals surface area (Å²) in [6.07, 6.45) is 0.869. The molecule has 0 bridgehead atoms. The Bertz CT molecular complexity index is 471. The van der Waals surface area contributed by atoms with Crippen molar-refractivity contribution in [1.82, 2.24) is 4.98 Å². The lowest BCUT2D eigenvalue weighted by Gasteiger charge is -1.96. The first-order valence-electron chi connectivity index (χ1n) is 5.44.